The van der Waals surface area contributed by atoms with Crippen molar-refractivity contribution in [1.29, 1.82) is 0 Å². The second-order valence-corrected chi connectivity index (χ2v) is 6.30. The maximum absolute atomic E-state index is 12.1. The monoisotopic (exact) mass is 287 g/mol. The van der Waals surface area contributed by atoms with Gasteiger partial charge in [-0.1, -0.05) is 0 Å². The Morgan fingerprint density at radius 2 is 2.00 bits per heavy atom. The minimum Gasteiger partial charge on any atom is -0.331 e. The summed E-state index contributed by atoms with van der Waals surface area (Å²) in [7, 11) is 4.56. The first-order chi connectivity index (χ1) is 8.30. The molecule has 8 heteroatoms. The highest BCUT2D eigenvalue weighted by Gasteiger charge is 2.21. The third kappa shape index (κ3) is 2.19. The number of halogens is 1. The second kappa shape index (κ2) is 4.25. The van der Waals surface area contributed by atoms with Crippen LogP contribution in [0.3, 0.4) is 0 Å². The molecule has 0 spiro atoms. The Kier molecular flexibility index (Phi) is 3.04. The summed E-state index contributed by atoms with van der Waals surface area (Å²) in [5.74, 6) is -0.308. The van der Waals surface area contributed by atoms with Gasteiger partial charge in [-0.2, -0.15) is 5.10 Å². The number of carbonyl (C=O) groups excluding carboxylic acids is 1. The summed E-state index contributed by atoms with van der Waals surface area (Å²) in [6, 6.07) is 2.72. The molecular formula is C10H10ClN3O3S. The fourth-order valence-electron chi connectivity index (χ4n) is 1.65. The van der Waals surface area contributed by atoms with E-state index < -0.39 is 9.05 Å². The summed E-state index contributed by atoms with van der Waals surface area (Å²) in [6.45, 7) is 0. The Hall–Kier alpha value is -1.60. The van der Waals surface area contributed by atoms with Gasteiger partial charge in [-0.3, -0.25) is 9.48 Å². The molecule has 0 bridgehead atoms. The molecule has 0 saturated carbocycles. The molecule has 6 nitrogen and oxygen atoms in total. The Bertz CT molecular complexity index is 715. The molecule has 0 aliphatic heterocycles. The van der Waals surface area contributed by atoms with Crippen molar-refractivity contribution in [3.05, 3.63) is 35.8 Å². The lowest BCUT2D eigenvalue weighted by Crippen LogP contribution is -2.09. The van der Waals surface area contributed by atoms with Gasteiger partial charge in [-0.25, -0.2) is 8.42 Å². The Morgan fingerprint density at radius 1 is 1.33 bits per heavy atom. The minimum absolute atomic E-state index is 0.114. The van der Waals surface area contributed by atoms with E-state index in [-0.39, 0.29) is 16.5 Å². The quantitative estimate of drug-likeness (QED) is 0.621. The van der Waals surface area contributed by atoms with Gasteiger partial charge < -0.3 is 4.57 Å². The van der Waals surface area contributed by atoms with Gasteiger partial charge in [0.25, 0.3) is 9.05 Å². The first-order valence-electron chi connectivity index (χ1n) is 4.94. The molecule has 0 aliphatic carbocycles. The molecule has 0 N–H and O–H groups in total. The van der Waals surface area contributed by atoms with Crippen molar-refractivity contribution in [3.63, 3.8) is 0 Å². The maximum Gasteiger partial charge on any atom is 0.276 e. The van der Waals surface area contributed by atoms with Crippen molar-refractivity contribution < 1.29 is 13.2 Å². The van der Waals surface area contributed by atoms with Crippen LogP contribution >= 0.6 is 10.7 Å². The molecule has 0 fully saturated rings. The van der Waals surface area contributed by atoms with Crippen molar-refractivity contribution in [2.75, 3.05) is 0 Å². The van der Waals surface area contributed by atoms with Gasteiger partial charge in [0.1, 0.15) is 0 Å². The molecule has 0 unspecified atom stereocenters. The summed E-state index contributed by atoms with van der Waals surface area (Å²) < 4.78 is 25.2. The molecule has 2 aromatic heterocycles. The molecule has 18 heavy (non-hydrogen) atoms. The van der Waals surface area contributed by atoms with Crippen molar-refractivity contribution in [2.45, 2.75) is 5.03 Å². The van der Waals surface area contributed by atoms with Gasteiger partial charge in [-0.15, -0.1) is 0 Å². The second-order valence-electron chi connectivity index (χ2n) is 3.79. The summed E-state index contributed by atoms with van der Waals surface area (Å²) in [4.78, 5) is 12.1. The number of nitrogens with zero attached hydrogens (tertiary/aromatic N) is 3. The molecule has 0 radical (unpaired) electrons. The predicted molar refractivity (Wildman–Crippen MR) is 65.1 cm³/mol. The first kappa shape index (κ1) is 12.8. The molecule has 2 rings (SSSR count). The topological polar surface area (TPSA) is 74.0 Å². The van der Waals surface area contributed by atoms with Gasteiger partial charge in [0.15, 0.2) is 5.03 Å². The van der Waals surface area contributed by atoms with Crippen molar-refractivity contribution in [1.82, 2.24) is 14.3 Å². The lowest BCUT2D eigenvalue weighted by Gasteiger charge is -2.03. The number of rotatable bonds is 3. The number of hydrogen-bond donors (Lipinski definition) is 0. The Morgan fingerprint density at radius 3 is 2.44 bits per heavy atom. The molecule has 0 aromatic carbocycles. The first-order valence-corrected chi connectivity index (χ1v) is 7.25. The lowest BCUT2D eigenvalue weighted by molar-refractivity contribution is 0.103. The Labute approximate surface area is 108 Å². The van der Waals surface area contributed by atoms with Crippen LogP contribution in [-0.4, -0.2) is 28.5 Å². The minimum atomic E-state index is -3.86. The molecule has 0 saturated heterocycles. The number of aromatic nitrogens is 3. The summed E-state index contributed by atoms with van der Waals surface area (Å²) in [6.07, 6.45) is 2.98. The predicted octanol–water partition coefficient (Wildman–Crippen LogP) is 0.917. The van der Waals surface area contributed by atoms with E-state index >= 15 is 0 Å². The largest absolute Gasteiger partial charge is 0.331 e. The van der Waals surface area contributed by atoms with E-state index in [1.807, 2.05) is 0 Å². The average Bonchev–Trinajstić information content (AvgIpc) is 2.82. The van der Waals surface area contributed by atoms with E-state index in [1.165, 1.54) is 34.6 Å². The highest BCUT2D eigenvalue weighted by molar-refractivity contribution is 8.13. The van der Waals surface area contributed by atoms with Crippen LogP contribution in [0.15, 0.2) is 29.6 Å². The van der Waals surface area contributed by atoms with Crippen LogP contribution in [0, 0.1) is 0 Å². The molecule has 0 aliphatic rings. The van der Waals surface area contributed by atoms with E-state index in [1.54, 1.807) is 13.2 Å². The smallest absolute Gasteiger partial charge is 0.276 e. The SMILES string of the molecule is Cn1cc(C(=O)c2ccc(S(=O)(=O)Cl)n2C)cn1. The average molecular weight is 288 g/mol. The van der Waals surface area contributed by atoms with Crippen LogP contribution < -0.4 is 0 Å². The highest BCUT2D eigenvalue weighted by Crippen LogP contribution is 2.19. The number of carbonyl (C=O) groups is 1. The summed E-state index contributed by atoms with van der Waals surface area (Å²) in [5, 5.41) is 3.78. The molecule has 0 amide bonds. The van der Waals surface area contributed by atoms with Crippen LogP contribution in [0.4, 0.5) is 0 Å². The Balaban J connectivity index is 2.48. The lowest BCUT2D eigenvalue weighted by atomic mass is 10.2. The van der Waals surface area contributed by atoms with Crippen LogP contribution in [-0.2, 0) is 23.1 Å². The fourth-order valence-corrected chi connectivity index (χ4v) is 2.77. The number of aryl methyl sites for hydroxylation is 1. The van der Waals surface area contributed by atoms with E-state index in [0.29, 0.717) is 5.56 Å². The standard InChI is InChI=1S/C10H10ClN3O3S/c1-13-6-7(5-12-13)10(15)8-3-4-9(14(8)2)18(11,16)17/h3-6H,1-2H3. The van der Waals surface area contributed by atoms with Gasteiger partial charge in [0.05, 0.1) is 17.5 Å². The van der Waals surface area contributed by atoms with Crippen LogP contribution in [0.2, 0.25) is 0 Å². The highest BCUT2D eigenvalue weighted by atomic mass is 35.7. The summed E-state index contributed by atoms with van der Waals surface area (Å²) in [5.41, 5.74) is 0.624. The van der Waals surface area contributed by atoms with Crippen LogP contribution in [0.1, 0.15) is 16.1 Å². The molecule has 2 aromatic rings. The van der Waals surface area contributed by atoms with Gasteiger partial charge in [0, 0.05) is 31.0 Å². The number of ketones is 1. The molecule has 2 heterocycles. The van der Waals surface area contributed by atoms with Crippen molar-refractivity contribution in [3.8, 4) is 0 Å². The zero-order valence-electron chi connectivity index (χ0n) is 9.66. The summed E-state index contributed by atoms with van der Waals surface area (Å²) >= 11 is 0. The van der Waals surface area contributed by atoms with E-state index in [2.05, 4.69) is 5.10 Å². The van der Waals surface area contributed by atoms with Gasteiger partial charge in [0.2, 0.25) is 5.78 Å². The zero-order valence-corrected chi connectivity index (χ0v) is 11.2. The third-order valence-electron chi connectivity index (χ3n) is 2.53. The molecule has 96 valence electrons. The van der Waals surface area contributed by atoms with Crippen molar-refractivity contribution in [2.24, 2.45) is 14.1 Å². The van der Waals surface area contributed by atoms with E-state index in [0.717, 1.165) is 0 Å². The van der Waals surface area contributed by atoms with Crippen molar-refractivity contribution >= 4 is 25.5 Å². The zero-order chi connectivity index (χ0) is 13.5. The van der Waals surface area contributed by atoms with E-state index in [9.17, 15) is 13.2 Å². The van der Waals surface area contributed by atoms with E-state index in [4.69, 9.17) is 10.7 Å². The fraction of sp³-hybridized carbons (Fsp3) is 0.200. The van der Waals surface area contributed by atoms with Gasteiger partial charge >= 0.3 is 0 Å². The number of hydrogen-bond acceptors (Lipinski definition) is 4. The van der Waals surface area contributed by atoms with Crippen LogP contribution in [0.5, 0.6) is 0 Å². The third-order valence-corrected chi connectivity index (χ3v) is 3.91. The normalized spacial score (nSPS) is 11.7. The molecular weight excluding hydrogens is 278 g/mol. The molecule has 0 atom stereocenters. The van der Waals surface area contributed by atoms with Crippen LogP contribution in [0.25, 0.3) is 0 Å². The maximum atomic E-state index is 12.1. The van der Waals surface area contributed by atoms with Gasteiger partial charge in [-0.05, 0) is 12.1 Å².